The Kier molecular flexibility index (Phi) is 6.71. The largest absolute Gasteiger partial charge is 0.480 e. The first-order valence-electron chi connectivity index (χ1n) is 9.10. The lowest BCUT2D eigenvalue weighted by molar-refractivity contribution is -0.385. The second-order valence-corrected chi connectivity index (χ2v) is 6.79. The summed E-state index contributed by atoms with van der Waals surface area (Å²) in [6.07, 6.45) is 0. The maximum Gasteiger partial charge on any atom is 0.338 e. The number of hydrogen-bond acceptors (Lipinski definition) is 6. The lowest BCUT2D eigenvalue weighted by atomic mass is 9.95. The molecule has 9 nitrogen and oxygen atoms in total. The molecule has 2 amide bonds. The Hall–Kier alpha value is -3.66. The van der Waals surface area contributed by atoms with E-state index in [9.17, 15) is 24.1 Å². The van der Waals surface area contributed by atoms with E-state index in [4.69, 9.17) is 21.1 Å². The van der Waals surface area contributed by atoms with E-state index in [0.29, 0.717) is 10.6 Å². The fourth-order valence-corrected chi connectivity index (χ4v) is 3.12. The van der Waals surface area contributed by atoms with Crippen LogP contribution in [0.3, 0.4) is 0 Å². The Morgan fingerprint density at radius 3 is 2.61 bits per heavy atom. The highest BCUT2D eigenvalue weighted by Gasteiger charge is 2.34. The molecule has 0 bridgehead atoms. The van der Waals surface area contributed by atoms with Crippen LogP contribution in [0.15, 0.2) is 53.7 Å². The van der Waals surface area contributed by atoms with Crippen molar-refractivity contribution in [3.05, 3.63) is 80.3 Å². The van der Waals surface area contributed by atoms with E-state index in [1.54, 1.807) is 31.2 Å². The van der Waals surface area contributed by atoms with Crippen LogP contribution in [-0.4, -0.2) is 30.1 Å². The fraction of sp³-hybridized carbons (Fsp3) is 0.200. The molecule has 2 N–H and O–H groups in total. The van der Waals surface area contributed by atoms with Crippen molar-refractivity contribution in [2.45, 2.75) is 13.0 Å². The van der Waals surface area contributed by atoms with E-state index in [-0.39, 0.29) is 23.6 Å². The van der Waals surface area contributed by atoms with Gasteiger partial charge in [0.2, 0.25) is 0 Å². The van der Waals surface area contributed by atoms with Crippen molar-refractivity contribution in [2.24, 2.45) is 0 Å². The predicted molar refractivity (Wildman–Crippen MR) is 108 cm³/mol. The lowest BCUT2D eigenvalue weighted by Gasteiger charge is -2.29. The van der Waals surface area contributed by atoms with Crippen molar-refractivity contribution < 1.29 is 28.4 Å². The van der Waals surface area contributed by atoms with Gasteiger partial charge in [-0.2, -0.15) is 0 Å². The highest BCUT2D eigenvalue weighted by Crippen LogP contribution is 2.31. The van der Waals surface area contributed by atoms with Gasteiger partial charge in [-0.05, 0) is 30.7 Å². The van der Waals surface area contributed by atoms with Crippen molar-refractivity contribution in [3.63, 3.8) is 0 Å². The summed E-state index contributed by atoms with van der Waals surface area (Å²) in [6, 6.07) is 7.69. The third-order valence-corrected chi connectivity index (χ3v) is 4.59. The summed E-state index contributed by atoms with van der Waals surface area (Å²) in [6.45, 7) is 1.25. The van der Waals surface area contributed by atoms with E-state index in [0.717, 1.165) is 18.2 Å². The van der Waals surface area contributed by atoms with Crippen LogP contribution in [0.2, 0.25) is 5.02 Å². The van der Waals surface area contributed by atoms with E-state index in [1.165, 1.54) is 0 Å². The van der Waals surface area contributed by atoms with Crippen LogP contribution in [0, 0.1) is 15.9 Å². The van der Waals surface area contributed by atoms with Gasteiger partial charge in [0.25, 0.3) is 0 Å². The molecule has 0 aliphatic carbocycles. The molecule has 0 spiro atoms. The number of carbonyl (C=O) groups excluding carboxylic acids is 2. The number of nitro benzene ring substituents is 1. The molecule has 0 fully saturated rings. The monoisotopic (exact) mass is 449 g/mol. The summed E-state index contributed by atoms with van der Waals surface area (Å²) in [7, 11) is 0. The Balaban J connectivity index is 2.01. The van der Waals surface area contributed by atoms with Crippen LogP contribution in [0.25, 0.3) is 0 Å². The molecule has 2 aromatic rings. The Morgan fingerprint density at radius 1 is 1.26 bits per heavy atom. The minimum Gasteiger partial charge on any atom is -0.480 e. The zero-order valence-electron chi connectivity index (χ0n) is 16.2. The van der Waals surface area contributed by atoms with Crippen molar-refractivity contribution in [1.29, 1.82) is 0 Å². The summed E-state index contributed by atoms with van der Waals surface area (Å²) in [5, 5.41) is 16.7. The topological polar surface area (TPSA) is 120 Å². The van der Waals surface area contributed by atoms with Crippen LogP contribution < -0.4 is 15.4 Å². The summed E-state index contributed by atoms with van der Waals surface area (Å²) in [5.74, 6) is -1.81. The summed E-state index contributed by atoms with van der Waals surface area (Å²) in [5.41, 5.74) is 0.161. The van der Waals surface area contributed by atoms with Gasteiger partial charge < -0.3 is 20.1 Å². The molecule has 1 heterocycles. The zero-order chi connectivity index (χ0) is 22.5. The first kappa shape index (κ1) is 22.0. The standard InChI is InChI=1S/C20H17ClFN3O6/c1-2-30-19(26)17-14(10-31-16-9-13(22)7-8-15(16)25(28)29)23-20(27)24-18(17)11-3-5-12(21)6-4-11/h3-9,18H,2,10H2,1H3,(H2,23,24,27). The predicted octanol–water partition coefficient (Wildman–Crippen LogP) is 3.64. The van der Waals surface area contributed by atoms with E-state index in [2.05, 4.69) is 10.6 Å². The molecule has 162 valence electrons. The quantitative estimate of drug-likeness (QED) is 0.378. The number of amides is 2. The molecule has 1 aliphatic heterocycles. The zero-order valence-corrected chi connectivity index (χ0v) is 16.9. The number of halogens is 2. The molecular formula is C20H17ClFN3O6. The number of hydrogen-bond donors (Lipinski definition) is 2. The number of carbonyl (C=O) groups is 2. The molecule has 0 saturated heterocycles. The van der Waals surface area contributed by atoms with Crippen molar-refractivity contribution in [3.8, 4) is 5.75 Å². The number of urea groups is 1. The molecule has 3 rings (SSSR count). The van der Waals surface area contributed by atoms with Gasteiger partial charge >= 0.3 is 17.7 Å². The van der Waals surface area contributed by atoms with E-state index in [1.807, 2.05) is 0 Å². The molecule has 1 unspecified atom stereocenters. The number of nitro groups is 1. The van der Waals surface area contributed by atoms with E-state index < -0.39 is 41.1 Å². The average molecular weight is 450 g/mol. The maximum atomic E-state index is 13.6. The number of rotatable bonds is 7. The molecule has 11 heteroatoms. The molecule has 1 aliphatic rings. The molecule has 0 radical (unpaired) electrons. The number of nitrogens with one attached hydrogen (secondary N) is 2. The lowest BCUT2D eigenvalue weighted by Crippen LogP contribution is -2.47. The SMILES string of the molecule is CCOC(=O)C1=C(COc2cc(F)ccc2[N+](=O)[O-])NC(=O)NC1c1ccc(Cl)cc1. The molecule has 0 aromatic heterocycles. The molecular weight excluding hydrogens is 433 g/mol. The Morgan fingerprint density at radius 2 is 1.97 bits per heavy atom. The van der Waals surface area contributed by atoms with Gasteiger partial charge in [-0.25, -0.2) is 14.0 Å². The number of nitrogens with zero attached hydrogens (tertiary/aromatic N) is 1. The highest BCUT2D eigenvalue weighted by molar-refractivity contribution is 6.30. The van der Waals surface area contributed by atoms with Gasteiger partial charge in [0.05, 0.1) is 28.8 Å². The molecule has 0 saturated carbocycles. The number of ether oxygens (including phenoxy) is 2. The second kappa shape index (κ2) is 9.43. The first-order chi connectivity index (χ1) is 14.8. The summed E-state index contributed by atoms with van der Waals surface area (Å²) < 4.78 is 24.1. The Bertz CT molecular complexity index is 1060. The third kappa shape index (κ3) is 5.10. The first-order valence-corrected chi connectivity index (χ1v) is 9.47. The average Bonchev–Trinajstić information content (AvgIpc) is 2.72. The van der Waals surface area contributed by atoms with Gasteiger partial charge in [-0.3, -0.25) is 10.1 Å². The van der Waals surface area contributed by atoms with Crippen molar-refractivity contribution >= 4 is 29.3 Å². The van der Waals surface area contributed by atoms with Crippen LogP contribution in [0.4, 0.5) is 14.9 Å². The third-order valence-electron chi connectivity index (χ3n) is 4.34. The van der Waals surface area contributed by atoms with Crippen LogP contribution >= 0.6 is 11.6 Å². The van der Waals surface area contributed by atoms with Crippen molar-refractivity contribution in [1.82, 2.24) is 10.6 Å². The maximum absolute atomic E-state index is 13.6. The summed E-state index contributed by atoms with van der Waals surface area (Å²) in [4.78, 5) is 35.4. The van der Waals surface area contributed by atoms with Gasteiger partial charge in [-0.15, -0.1) is 0 Å². The molecule has 2 aromatic carbocycles. The minimum absolute atomic E-state index is 0.0284. The Labute approximate surface area is 180 Å². The second-order valence-electron chi connectivity index (χ2n) is 6.35. The number of esters is 1. The fourth-order valence-electron chi connectivity index (χ4n) is 2.99. The van der Waals surface area contributed by atoms with Gasteiger partial charge in [0.15, 0.2) is 5.75 Å². The van der Waals surface area contributed by atoms with Crippen LogP contribution in [0.1, 0.15) is 18.5 Å². The minimum atomic E-state index is -0.883. The molecule has 1 atom stereocenters. The highest BCUT2D eigenvalue weighted by atomic mass is 35.5. The van der Waals surface area contributed by atoms with Gasteiger partial charge in [0.1, 0.15) is 12.4 Å². The van der Waals surface area contributed by atoms with Crippen LogP contribution in [0.5, 0.6) is 5.75 Å². The summed E-state index contributed by atoms with van der Waals surface area (Å²) >= 11 is 5.92. The van der Waals surface area contributed by atoms with Gasteiger partial charge in [-0.1, -0.05) is 23.7 Å². The van der Waals surface area contributed by atoms with Crippen LogP contribution in [-0.2, 0) is 9.53 Å². The van der Waals surface area contributed by atoms with Crippen molar-refractivity contribution in [2.75, 3.05) is 13.2 Å². The number of benzene rings is 2. The molecule has 31 heavy (non-hydrogen) atoms. The normalized spacial score (nSPS) is 15.7. The van der Waals surface area contributed by atoms with Gasteiger partial charge in [0, 0.05) is 17.2 Å². The smallest absolute Gasteiger partial charge is 0.338 e. The van der Waals surface area contributed by atoms with E-state index >= 15 is 0 Å².